The highest BCUT2D eigenvalue weighted by molar-refractivity contribution is 7.17. The van der Waals surface area contributed by atoms with E-state index in [1.165, 1.54) is 0 Å². The molecule has 0 bridgehead atoms. The summed E-state index contributed by atoms with van der Waals surface area (Å²) in [5, 5.41) is 12.8. The van der Waals surface area contributed by atoms with Crippen molar-refractivity contribution in [3.8, 4) is 11.4 Å². The Morgan fingerprint density at radius 1 is 1.16 bits per heavy atom. The molecule has 2 N–H and O–H groups in total. The summed E-state index contributed by atoms with van der Waals surface area (Å²) >= 11 is 1.13. The van der Waals surface area contributed by atoms with Crippen LogP contribution in [0.4, 0.5) is 10.9 Å². The summed E-state index contributed by atoms with van der Waals surface area (Å²) in [6, 6.07) is 7.98. The van der Waals surface area contributed by atoms with Crippen LogP contribution in [0.25, 0.3) is 22.2 Å². The van der Waals surface area contributed by atoms with Crippen LogP contribution in [0.15, 0.2) is 35.0 Å². The second-order valence-electron chi connectivity index (χ2n) is 10.9. The average Bonchev–Trinajstić information content (AvgIpc) is 3.42. The van der Waals surface area contributed by atoms with Gasteiger partial charge in [-0.2, -0.15) is 4.98 Å². The maximum Gasteiger partial charge on any atom is 0.350 e. The molecule has 1 aromatic carbocycles. The first-order valence-corrected chi connectivity index (χ1v) is 13.2. The lowest BCUT2D eigenvalue weighted by atomic mass is 9.66. The number of nitrogens with zero attached hydrogens (tertiary/aromatic N) is 4. The normalized spacial score (nSPS) is 19.2. The summed E-state index contributed by atoms with van der Waals surface area (Å²) in [5.41, 5.74) is 0.203. The Balaban J connectivity index is 1.25. The van der Waals surface area contributed by atoms with E-state index in [1.54, 1.807) is 20.0 Å². The van der Waals surface area contributed by atoms with Gasteiger partial charge in [-0.1, -0.05) is 35.5 Å². The molecule has 1 fully saturated rings. The summed E-state index contributed by atoms with van der Waals surface area (Å²) in [6.45, 7) is 10.9. The molecule has 1 saturated carbocycles. The van der Waals surface area contributed by atoms with Crippen molar-refractivity contribution in [3.05, 3.63) is 46.9 Å². The quantitative estimate of drug-likeness (QED) is 0.306. The number of benzene rings is 1. The zero-order valence-corrected chi connectivity index (χ0v) is 23.0. The van der Waals surface area contributed by atoms with Crippen LogP contribution in [0.1, 0.15) is 61.8 Å². The molecule has 5 rings (SSSR count). The molecule has 1 amide bonds. The number of aryl methyl sites for hydroxylation is 2. The topological polar surface area (TPSA) is 132 Å². The number of amides is 1. The zero-order chi connectivity index (χ0) is 27.2. The van der Waals surface area contributed by atoms with Crippen LogP contribution in [0.5, 0.6) is 0 Å². The van der Waals surface area contributed by atoms with E-state index in [2.05, 4.69) is 30.7 Å². The lowest BCUT2D eigenvalue weighted by molar-refractivity contribution is -0.129. The van der Waals surface area contributed by atoms with Crippen LogP contribution in [0.2, 0.25) is 0 Å². The number of hydrogen-bond donors (Lipinski definition) is 2. The molecule has 1 aliphatic rings. The molecule has 1 aliphatic carbocycles. The maximum absolute atomic E-state index is 13.1. The lowest BCUT2D eigenvalue weighted by Gasteiger charge is -2.44. The van der Waals surface area contributed by atoms with Gasteiger partial charge in [0.1, 0.15) is 16.3 Å². The van der Waals surface area contributed by atoms with Crippen LogP contribution >= 0.6 is 11.3 Å². The fourth-order valence-corrected chi connectivity index (χ4v) is 5.40. The third kappa shape index (κ3) is 5.24. The molecule has 3 aromatic heterocycles. The van der Waals surface area contributed by atoms with Gasteiger partial charge in [0.15, 0.2) is 5.13 Å². The van der Waals surface area contributed by atoms with E-state index < -0.39 is 17.0 Å². The van der Waals surface area contributed by atoms with Gasteiger partial charge in [-0.05, 0) is 58.1 Å². The van der Waals surface area contributed by atoms with Crippen molar-refractivity contribution in [2.75, 3.05) is 10.6 Å². The number of thiazole rings is 1. The van der Waals surface area contributed by atoms with Crippen LogP contribution in [0, 0.1) is 19.3 Å². The molecular weight excluding hydrogens is 504 g/mol. The number of carbonyl (C=O) groups is 2. The first-order chi connectivity index (χ1) is 17.9. The van der Waals surface area contributed by atoms with E-state index in [-0.39, 0.29) is 11.9 Å². The molecule has 4 aromatic rings. The number of anilines is 2. The fraction of sp³-hybridized carbons (Fsp3) is 0.407. The van der Waals surface area contributed by atoms with E-state index in [0.29, 0.717) is 40.3 Å². The molecule has 10 nitrogen and oxygen atoms in total. The second-order valence-corrected chi connectivity index (χ2v) is 11.9. The monoisotopic (exact) mass is 534 g/mol. The Bertz CT molecular complexity index is 1530. The largest absolute Gasteiger partial charge is 0.456 e. The third-order valence-electron chi connectivity index (χ3n) is 6.44. The first kappa shape index (κ1) is 25.8. The maximum atomic E-state index is 13.1. The van der Waals surface area contributed by atoms with Crippen LogP contribution in [-0.4, -0.2) is 43.6 Å². The molecule has 0 aliphatic heterocycles. The minimum absolute atomic E-state index is 0.0790. The number of aromatic nitrogens is 4. The van der Waals surface area contributed by atoms with Crippen LogP contribution in [0.3, 0.4) is 0 Å². The number of esters is 1. The van der Waals surface area contributed by atoms with Crippen molar-refractivity contribution in [1.82, 2.24) is 20.1 Å². The predicted molar refractivity (Wildman–Crippen MR) is 145 cm³/mol. The van der Waals surface area contributed by atoms with Crippen molar-refractivity contribution in [2.24, 2.45) is 5.41 Å². The summed E-state index contributed by atoms with van der Waals surface area (Å²) in [6.07, 6.45) is 3.02. The average molecular weight is 535 g/mol. The standard InChI is InChI=1S/C27H30N6O4S/c1-14-20(23(34)36-26(3,4)5)38-25(29-14)32-24(35)27(6)12-18(13-27)31-22-19-11-17(21-30-15(2)37-33-21)8-7-16(19)9-10-28-22/h7-11,18H,12-13H2,1-6H3,(H,28,31)(H,29,32,35). The van der Waals surface area contributed by atoms with E-state index in [1.807, 2.05) is 52.0 Å². The molecule has 0 atom stereocenters. The van der Waals surface area contributed by atoms with Crippen molar-refractivity contribution in [1.29, 1.82) is 0 Å². The van der Waals surface area contributed by atoms with Crippen molar-refractivity contribution in [3.63, 3.8) is 0 Å². The van der Waals surface area contributed by atoms with Gasteiger partial charge in [-0.25, -0.2) is 14.8 Å². The van der Waals surface area contributed by atoms with Gasteiger partial charge in [0, 0.05) is 30.1 Å². The summed E-state index contributed by atoms with van der Waals surface area (Å²) < 4.78 is 10.6. The highest BCUT2D eigenvalue weighted by Gasteiger charge is 2.46. The number of ether oxygens (including phenoxy) is 1. The molecular formula is C27H30N6O4S. The molecule has 38 heavy (non-hydrogen) atoms. The van der Waals surface area contributed by atoms with Gasteiger partial charge in [0.25, 0.3) is 0 Å². The predicted octanol–water partition coefficient (Wildman–Crippen LogP) is 5.53. The Morgan fingerprint density at radius 2 is 1.92 bits per heavy atom. The van der Waals surface area contributed by atoms with E-state index in [0.717, 1.165) is 33.5 Å². The molecule has 0 radical (unpaired) electrons. The molecule has 0 saturated heterocycles. The highest BCUT2D eigenvalue weighted by atomic mass is 32.1. The number of hydrogen-bond acceptors (Lipinski definition) is 10. The lowest BCUT2D eigenvalue weighted by Crippen LogP contribution is -2.50. The van der Waals surface area contributed by atoms with Crippen molar-refractivity contribution < 1.29 is 18.8 Å². The first-order valence-electron chi connectivity index (χ1n) is 12.4. The van der Waals surface area contributed by atoms with Gasteiger partial charge in [-0.15, -0.1) is 0 Å². The molecule has 3 heterocycles. The van der Waals surface area contributed by atoms with Crippen LogP contribution < -0.4 is 10.6 Å². The van der Waals surface area contributed by atoms with Gasteiger partial charge in [-0.3, -0.25) is 4.79 Å². The summed E-state index contributed by atoms with van der Waals surface area (Å²) in [4.78, 5) is 39.2. The minimum Gasteiger partial charge on any atom is -0.456 e. The summed E-state index contributed by atoms with van der Waals surface area (Å²) in [5.74, 6) is 1.22. The number of pyridine rings is 1. The Kier molecular flexibility index (Phi) is 6.42. The number of nitrogens with one attached hydrogen (secondary N) is 2. The van der Waals surface area contributed by atoms with E-state index in [9.17, 15) is 9.59 Å². The third-order valence-corrected chi connectivity index (χ3v) is 7.49. The van der Waals surface area contributed by atoms with Crippen LogP contribution in [-0.2, 0) is 9.53 Å². The van der Waals surface area contributed by atoms with Gasteiger partial charge in [0.2, 0.25) is 17.6 Å². The second kappa shape index (κ2) is 9.46. The minimum atomic E-state index is -0.606. The fourth-order valence-electron chi connectivity index (χ4n) is 4.56. The van der Waals surface area contributed by atoms with Crippen molar-refractivity contribution in [2.45, 2.75) is 66.0 Å². The summed E-state index contributed by atoms with van der Waals surface area (Å²) in [7, 11) is 0. The molecule has 0 unspecified atom stereocenters. The zero-order valence-electron chi connectivity index (χ0n) is 22.2. The Morgan fingerprint density at radius 3 is 2.61 bits per heavy atom. The highest BCUT2D eigenvalue weighted by Crippen LogP contribution is 2.44. The number of rotatable bonds is 6. The van der Waals surface area contributed by atoms with Gasteiger partial charge < -0.3 is 19.9 Å². The van der Waals surface area contributed by atoms with Gasteiger partial charge >= 0.3 is 5.97 Å². The Hall–Kier alpha value is -3.86. The number of fused-ring (bicyclic) bond motifs is 1. The van der Waals surface area contributed by atoms with Gasteiger partial charge in [0.05, 0.1) is 11.1 Å². The molecule has 198 valence electrons. The van der Waals surface area contributed by atoms with E-state index >= 15 is 0 Å². The van der Waals surface area contributed by atoms with E-state index in [4.69, 9.17) is 9.26 Å². The molecule has 0 spiro atoms. The SMILES string of the molecule is Cc1nc(-c2ccc3ccnc(NC4CC(C)(C(=O)Nc5nc(C)c(C(=O)OC(C)(C)C)s5)C4)c3c2)no1. The smallest absolute Gasteiger partial charge is 0.350 e. The Labute approximate surface area is 224 Å². The number of carbonyl (C=O) groups excluding carboxylic acids is 2. The van der Waals surface area contributed by atoms with Crippen molar-refractivity contribution >= 4 is 44.9 Å². The molecule has 11 heteroatoms.